The molecule has 168 valence electrons. The fraction of sp³-hybridized carbons (Fsp3) is 0.348. The topological polar surface area (TPSA) is 98.4 Å². The number of piperidine rings is 1. The summed E-state index contributed by atoms with van der Waals surface area (Å²) in [6.07, 6.45) is 1.10. The van der Waals surface area contributed by atoms with Gasteiger partial charge >= 0.3 is 0 Å². The molecule has 1 saturated heterocycles. The number of fused-ring (bicyclic) bond motifs is 4. The smallest absolute Gasteiger partial charge is 0.263 e. The van der Waals surface area contributed by atoms with Crippen molar-refractivity contribution in [3.63, 3.8) is 0 Å². The number of amides is 1. The molecule has 2 aromatic heterocycles. The van der Waals surface area contributed by atoms with Gasteiger partial charge in [-0.2, -0.15) is 0 Å². The van der Waals surface area contributed by atoms with Crippen LogP contribution in [0.3, 0.4) is 0 Å². The average Bonchev–Trinajstić information content (AvgIpc) is 3.28. The van der Waals surface area contributed by atoms with Gasteiger partial charge in [0.25, 0.3) is 11.5 Å². The van der Waals surface area contributed by atoms with E-state index in [2.05, 4.69) is 15.8 Å². The van der Waals surface area contributed by atoms with Crippen molar-refractivity contribution in [3.05, 3.63) is 69.8 Å². The molecule has 1 amide bonds. The van der Waals surface area contributed by atoms with Crippen molar-refractivity contribution in [2.45, 2.75) is 25.4 Å². The number of halogens is 1. The second-order valence-electron chi connectivity index (χ2n) is 8.14. The number of pyridine rings is 1. The molecule has 2 aliphatic rings. The summed E-state index contributed by atoms with van der Waals surface area (Å²) in [7, 11) is 1.60. The molecular weight excluding hydrogens is 432 g/mol. The summed E-state index contributed by atoms with van der Waals surface area (Å²) < 4.78 is 12.4. The third-order valence-corrected chi connectivity index (χ3v) is 6.10. The van der Waals surface area contributed by atoms with E-state index in [0.717, 1.165) is 36.5 Å². The standard InChI is InChI=1S/C23H24N4O4.ClH/c1-30-18-4-2-3-15(8-18)21-9-17(26-31-21)12-25-22(28)19-5-6-20-16-7-14(10-24-11-16)13-27(20)23(19)29;/h2-6,8-9,14,16,24H,7,10-13H2,1H3,(H,25,28);1H/t14-,16+;/m0./s1. The molecule has 9 heteroatoms. The highest BCUT2D eigenvalue weighted by atomic mass is 35.5. The van der Waals surface area contributed by atoms with E-state index < -0.39 is 5.91 Å². The van der Waals surface area contributed by atoms with Crippen LogP contribution in [-0.2, 0) is 13.1 Å². The molecule has 3 aromatic rings. The van der Waals surface area contributed by atoms with Crippen LogP contribution < -0.4 is 20.9 Å². The zero-order valence-electron chi connectivity index (χ0n) is 17.7. The lowest BCUT2D eigenvalue weighted by molar-refractivity contribution is 0.0947. The maximum Gasteiger partial charge on any atom is 0.263 e. The Bertz CT molecular complexity index is 1190. The largest absolute Gasteiger partial charge is 0.497 e. The van der Waals surface area contributed by atoms with Gasteiger partial charge < -0.3 is 24.5 Å². The molecule has 5 rings (SSSR count). The molecule has 0 unspecified atom stereocenters. The minimum atomic E-state index is -0.403. The van der Waals surface area contributed by atoms with Crippen molar-refractivity contribution in [3.8, 4) is 17.1 Å². The number of hydrogen-bond acceptors (Lipinski definition) is 6. The minimum Gasteiger partial charge on any atom is -0.497 e. The Morgan fingerprint density at radius 2 is 2.16 bits per heavy atom. The van der Waals surface area contributed by atoms with Crippen molar-refractivity contribution in [2.24, 2.45) is 5.92 Å². The van der Waals surface area contributed by atoms with E-state index in [1.165, 1.54) is 0 Å². The number of ether oxygens (including phenoxy) is 1. The van der Waals surface area contributed by atoms with Crippen molar-refractivity contribution < 1.29 is 14.1 Å². The summed E-state index contributed by atoms with van der Waals surface area (Å²) in [4.78, 5) is 25.7. The molecule has 1 fully saturated rings. The van der Waals surface area contributed by atoms with Gasteiger partial charge in [-0.25, -0.2) is 0 Å². The van der Waals surface area contributed by atoms with Crippen molar-refractivity contribution in [2.75, 3.05) is 20.2 Å². The predicted octanol–water partition coefficient (Wildman–Crippen LogP) is 2.57. The van der Waals surface area contributed by atoms with E-state index in [4.69, 9.17) is 9.26 Å². The molecule has 2 N–H and O–H groups in total. The summed E-state index contributed by atoms with van der Waals surface area (Å²) in [6, 6.07) is 12.8. The van der Waals surface area contributed by atoms with E-state index in [-0.39, 0.29) is 30.1 Å². The number of rotatable bonds is 5. The Morgan fingerprint density at radius 3 is 3.00 bits per heavy atom. The lowest BCUT2D eigenvalue weighted by Gasteiger charge is -2.37. The van der Waals surface area contributed by atoms with Gasteiger partial charge in [0.05, 0.1) is 13.7 Å². The van der Waals surface area contributed by atoms with E-state index in [0.29, 0.717) is 29.8 Å². The molecule has 8 nitrogen and oxygen atoms in total. The summed E-state index contributed by atoms with van der Waals surface area (Å²) in [5.41, 5.74) is 2.36. The molecule has 32 heavy (non-hydrogen) atoms. The third-order valence-electron chi connectivity index (χ3n) is 6.10. The molecule has 4 heterocycles. The molecule has 0 saturated carbocycles. The summed E-state index contributed by atoms with van der Waals surface area (Å²) in [5, 5.41) is 10.2. The number of aromatic nitrogens is 2. The Balaban J connectivity index is 0.00000245. The lowest BCUT2D eigenvalue weighted by atomic mass is 9.84. The van der Waals surface area contributed by atoms with Gasteiger partial charge in [-0.05, 0) is 43.1 Å². The highest BCUT2D eigenvalue weighted by molar-refractivity contribution is 5.93. The van der Waals surface area contributed by atoms with Crippen LogP contribution in [0.25, 0.3) is 11.3 Å². The minimum absolute atomic E-state index is 0. The average molecular weight is 457 g/mol. The molecule has 0 aliphatic carbocycles. The van der Waals surface area contributed by atoms with Gasteiger partial charge in [0.2, 0.25) is 0 Å². The van der Waals surface area contributed by atoms with Gasteiger partial charge in [0.1, 0.15) is 17.0 Å². The van der Waals surface area contributed by atoms with Crippen molar-refractivity contribution in [1.29, 1.82) is 0 Å². The molecule has 2 atom stereocenters. The normalized spacial score (nSPS) is 18.9. The first-order valence-corrected chi connectivity index (χ1v) is 10.4. The molecular formula is C23H25ClN4O4. The monoisotopic (exact) mass is 456 g/mol. The van der Waals surface area contributed by atoms with Crippen LogP contribution in [0.2, 0.25) is 0 Å². The van der Waals surface area contributed by atoms with Gasteiger partial charge in [0, 0.05) is 36.3 Å². The van der Waals surface area contributed by atoms with Gasteiger partial charge in [-0.1, -0.05) is 17.3 Å². The number of carbonyl (C=O) groups is 1. The second kappa shape index (κ2) is 9.18. The molecule has 1 aromatic carbocycles. The maximum absolute atomic E-state index is 13.0. The van der Waals surface area contributed by atoms with Crippen LogP contribution in [0, 0.1) is 5.92 Å². The van der Waals surface area contributed by atoms with Gasteiger partial charge in [-0.15, -0.1) is 12.4 Å². The van der Waals surface area contributed by atoms with Crippen LogP contribution in [0.15, 0.2) is 51.8 Å². The van der Waals surface area contributed by atoms with E-state index in [1.54, 1.807) is 23.8 Å². The first kappa shape index (κ1) is 22.1. The zero-order valence-corrected chi connectivity index (χ0v) is 18.5. The maximum atomic E-state index is 13.0. The Hall–Kier alpha value is -3.10. The van der Waals surface area contributed by atoms with Crippen LogP contribution in [-0.4, -0.2) is 35.8 Å². The predicted molar refractivity (Wildman–Crippen MR) is 121 cm³/mol. The quantitative estimate of drug-likeness (QED) is 0.612. The van der Waals surface area contributed by atoms with E-state index in [9.17, 15) is 9.59 Å². The number of benzene rings is 1. The first-order valence-electron chi connectivity index (χ1n) is 10.4. The van der Waals surface area contributed by atoms with Crippen LogP contribution in [0.4, 0.5) is 0 Å². The Kier molecular flexibility index (Phi) is 6.34. The summed E-state index contributed by atoms with van der Waals surface area (Å²) in [6.45, 7) is 2.62. The SMILES string of the molecule is COc1cccc(-c2cc(CNC(=O)c3ccc4n(c3=O)C[C@@H]3CNC[C@H]4C3)no2)c1.Cl. The Morgan fingerprint density at radius 1 is 1.28 bits per heavy atom. The summed E-state index contributed by atoms with van der Waals surface area (Å²) >= 11 is 0. The molecule has 2 aliphatic heterocycles. The number of nitrogens with zero attached hydrogens (tertiary/aromatic N) is 2. The van der Waals surface area contributed by atoms with Crippen molar-refractivity contribution in [1.82, 2.24) is 20.4 Å². The fourth-order valence-electron chi connectivity index (χ4n) is 4.54. The van der Waals surface area contributed by atoms with Crippen LogP contribution >= 0.6 is 12.4 Å². The summed E-state index contributed by atoms with van der Waals surface area (Å²) in [5.74, 6) is 1.67. The third kappa shape index (κ3) is 4.16. The van der Waals surface area contributed by atoms with Crippen LogP contribution in [0.5, 0.6) is 5.75 Å². The number of hydrogen-bond donors (Lipinski definition) is 2. The molecule has 0 spiro atoms. The second-order valence-corrected chi connectivity index (χ2v) is 8.14. The molecule has 0 radical (unpaired) electrons. The highest BCUT2D eigenvalue weighted by Crippen LogP contribution is 2.31. The number of nitrogens with one attached hydrogen (secondary N) is 2. The van der Waals surface area contributed by atoms with Gasteiger partial charge in [0.15, 0.2) is 5.76 Å². The first-order chi connectivity index (χ1) is 15.1. The molecule has 2 bridgehead atoms. The lowest BCUT2D eigenvalue weighted by Crippen LogP contribution is -2.46. The van der Waals surface area contributed by atoms with Crippen LogP contribution in [0.1, 0.15) is 34.1 Å². The van der Waals surface area contributed by atoms with E-state index >= 15 is 0 Å². The van der Waals surface area contributed by atoms with E-state index in [1.807, 2.05) is 30.3 Å². The highest BCUT2D eigenvalue weighted by Gasteiger charge is 2.31. The zero-order chi connectivity index (χ0) is 21.4. The number of carbonyl (C=O) groups excluding carboxylic acids is 1. The number of methoxy groups -OCH3 is 1. The van der Waals surface area contributed by atoms with Gasteiger partial charge in [-0.3, -0.25) is 9.59 Å². The fourth-order valence-corrected chi connectivity index (χ4v) is 4.54. The Labute approximate surface area is 191 Å². The van der Waals surface area contributed by atoms with Crippen molar-refractivity contribution >= 4 is 18.3 Å².